The molecule has 0 spiro atoms. The Kier molecular flexibility index (Phi) is 3.42. The molecule has 0 amide bonds. The lowest BCUT2D eigenvalue weighted by Crippen LogP contribution is -2.57. The first-order valence-corrected chi connectivity index (χ1v) is 7.49. The van der Waals surface area contributed by atoms with Crippen molar-refractivity contribution < 1.29 is 0 Å². The normalized spacial score (nSPS) is 44.8. The molecule has 3 saturated heterocycles. The maximum Gasteiger partial charge on any atom is 0.0247 e. The maximum absolute atomic E-state index is 6.21. The molecule has 98 valence electrons. The van der Waals surface area contributed by atoms with Gasteiger partial charge in [0.25, 0.3) is 0 Å². The number of nitrogens with zero attached hydrogens (tertiary/aromatic N) is 2. The number of hydrogen-bond donors (Lipinski definition) is 1. The van der Waals surface area contributed by atoms with E-state index in [-0.39, 0.29) is 0 Å². The van der Waals surface area contributed by atoms with E-state index in [9.17, 15) is 0 Å². The Hall–Kier alpha value is -0.120. The Labute approximate surface area is 105 Å². The third-order valence-corrected chi connectivity index (χ3v) is 5.22. The van der Waals surface area contributed by atoms with Crippen molar-refractivity contribution in [3.8, 4) is 0 Å². The molecule has 3 heterocycles. The van der Waals surface area contributed by atoms with Crippen LogP contribution in [0.15, 0.2) is 0 Å². The second-order valence-electron chi connectivity index (χ2n) is 6.37. The van der Waals surface area contributed by atoms with E-state index in [2.05, 4.69) is 16.7 Å². The van der Waals surface area contributed by atoms with Crippen molar-refractivity contribution in [1.82, 2.24) is 9.80 Å². The summed E-state index contributed by atoms with van der Waals surface area (Å²) in [5.41, 5.74) is 6.21. The standard InChI is InChI=1S/C14H27N3/c1-11(15)13-4-2-3-7-17(13)14-6-9-16-8-5-12(14)10-16/h11-14H,2-10,15H2,1H3. The Balaban J connectivity index is 1.72. The summed E-state index contributed by atoms with van der Waals surface area (Å²) in [6.07, 6.45) is 6.90. The Morgan fingerprint density at radius 3 is 2.71 bits per heavy atom. The molecule has 2 N–H and O–H groups in total. The number of nitrogens with two attached hydrogens (primary N) is 1. The number of piperidine rings is 2. The number of likely N-dealkylation sites (tertiary alicyclic amines) is 1. The molecule has 0 aromatic heterocycles. The summed E-state index contributed by atoms with van der Waals surface area (Å²) in [5, 5.41) is 0. The molecule has 0 saturated carbocycles. The lowest BCUT2D eigenvalue weighted by molar-refractivity contribution is 0.0306. The molecule has 3 fully saturated rings. The van der Waals surface area contributed by atoms with E-state index in [1.165, 1.54) is 58.3 Å². The molecule has 0 radical (unpaired) electrons. The van der Waals surface area contributed by atoms with E-state index in [0.717, 1.165) is 12.0 Å². The van der Waals surface area contributed by atoms with Crippen LogP contribution in [0.2, 0.25) is 0 Å². The summed E-state index contributed by atoms with van der Waals surface area (Å²) in [5.74, 6) is 0.933. The summed E-state index contributed by atoms with van der Waals surface area (Å²) in [6.45, 7) is 7.52. The molecule has 0 aromatic carbocycles. The molecular weight excluding hydrogens is 210 g/mol. The van der Waals surface area contributed by atoms with Crippen LogP contribution in [0.1, 0.15) is 39.0 Å². The van der Waals surface area contributed by atoms with E-state index in [0.29, 0.717) is 12.1 Å². The minimum absolute atomic E-state index is 0.342. The minimum atomic E-state index is 0.342. The molecule has 3 aliphatic heterocycles. The SMILES string of the molecule is CC(N)C1CCCCN1C1CCN2CCC1C2. The third-order valence-electron chi connectivity index (χ3n) is 5.22. The fourth-order valence-electron chi connectivity index (χ4n) is 4.32. The van der Waals surface area contributed by atoms with Crippen LogP contribution < -0.4 is 5.73 Å². The average molecular weight is 237 g/mol. The molecule has 3 aliphatic rings. The van der Waals surface area contributed by atoms with Crippen molar-refractivity contribution >= 4 is 0 Å². The quantitative estimate of drug-likeness (QED) is 0.785. The third kappa shape index (κ3) is 2.25. The Morgan fingerprint density at radius 1 is 1.06 bits per heavy atom. The number of hydrogen-bond acceptors (Lipinski definition) is 3. The lowest BCUT2D eigenvalue weighted by Gasteiger charge is -2.47. The summed E-state index contributed by atoms with van der Waals surface area (Å²) < 4.78 is 0. The van der Waals surface area contributed by atoms with Gasteiger partial charge in [0.05, 0.1) is 0 Å². The van der Waals surface area contributed by atoms with Crippen LogP contribution in [0.3, 0.4) is 0 Å². The van der Waals surface area contributed by atoms with Gasteiger partial charge in [-0.2, -0.15) is 0 Å². The molecular formula is C14H27N3. The van der Waals surface area contributed by atoms with Crippen LogP contribution in [0, 0.1) is 5.92 Å². The number of rotatable bonds is 2. The fraction of sp³-hybridized carbons (Fsp3) is 1.00. The highest BCUT2D eigenvalue weighted by atomic mass is 15.3. The van der Waals surface area contributed by atoms with E-state index in [4.69, 9.17) is 5.73 Å². The highest BCUT2D eigenvalue weighted by Crippen LogP contribution is 2.34. The molecule has 0 aromatic rings. The molecule has 0 aliphatic carbocycles. The summed E-state index contributed by atoms with van der Waals surface area (Å²) >= 11 is 0. The van der Waals surface area contributed by atoms with Crippen LogP contribution >= 0.6 is 0 Å². The smallest absolute Gasteiger partial charge is 0.0247 e. The van der Waals surface area contributed by atoms with Gasteiger partial charge in [-0.15, -0.1) is 0 Å². The van der Waals surface area contributed by atoms with Crippen LogP contribution in [-0.2, 0) is 0 Å². The highest BCUT2D eigenvalue weighted by molar-refractivity contribution is 4.96. The zero-order chi connectivity index (χ0) is 11.8. The second-order valence-corrected chi connectivity index (χ2v) is 6.37. The first-order chi connectivity index (χ1) is 8.25. The largest absolute Gasteiger partial charge is 0.327 e. The minimum Gasteiger partial charge on any atom is -0.327 e. The van der Waals surface area contributed by atoms with Gasteiger partial charge < -0.3 is 10.6 Å². The number of fused-ring (bicyclic) bond motifs is 2. The molecule has 3 heteroatoms. The predicted molar refractivity (Wildman–Crippen MR) is 70.9 cm³/mol. The Bertz CT molecular complexity index is 266. The van der Waals surface area contributed by atoms with Crippen molar-refractivity contribution in [3.63, 3.8) is 0 Å². The molecule has 2 bridgehead atoms. The van der Waals surface area contributed by atoms with Gasteiger partial charge in [-0.3, -0.25) is 4.90 Å². The highest BCUT2D eigenvalue weighted by Gasteiger charge is 2.40. The van der Waals surface area contributed by atoms with Crippen molar-refractivity contribution in [2.24, 2.45) is 11.7 Å². The van der Waals surface area contributed by atoms with E-state index in [1.807, 2.05) is 0 Å². The van der Waals surface area contributed by atoms with Gasteiger partial charge >= 0.3 is 0 Å². The summed E-state index contributed by atoms with van der Waals surface area (Å²) in [6, 6.07) is 1.83. The summed E-state index contributed by atoms with van der Waals surface area (Å²) in [4.78, 5) is 5.44. The van der Waals surface area contributed by atoms with E-state index in [1.54, 1.807) is 0 Å². The monoisotopic (exact) mass is 237 g/mol. The lowest BCUT2D eigenvalue weighted by atomic mass is 9.87. The van der Waals surface area contributed by atoms with Gasteiger partial charge in [-0.1, -0.05) is 6.42 Å². The molecule has 5 unspecified atom stereocenters. The van der Waals surface area contributed by atoms with Crippen LogP contribution in [-0.4, -0.2) is 54.1 Å². The second kappa shape index (κ2) is 4.87. The van der Waals surface area contributed by atoms with Gasteiger partial charge in [0.2, 0.25) is 0 Å². The zero-order valence-electron chi connectivity index (χ0n) is 11.1. The first-order valence-electron chi connectivity index (χ1n) is 7.49. The van der Waals surface area contributed by atoms with Crippen molar-refractivity contribution in [3.05, 3.63) is 0 Å². The van der Waals surface area contributed by atoms with Crippen LogP contribution in [0.5, 0.6) is 0 Å². The van der Waals surface area contributed by atoms with Crippen LogP contribution in [0.4, 0.5) is 0 Å². The fourth-order valence-corrected chi connectivity index (χ4v) is 4.32. The van der Waals surface area contributed by atoms with E-state index < -0.39 is 0 Å². The van der Waals surface area contributed by atoms with Gasteiger partial charge in [0, 0.05) is 24.7 Å². The maximum atomic E-state index is 6.21. The van der Waals surface area contributed by atoms with Gasteiger partial charge in [0.1, 0.15) is 0 Å². The van der Waals surface area contributed by atoms with Crippen molar-refractivity contribution in [2.75, 3.05) is 26.2 Å². The molecule has 5 atom stereocenters. The average Bonchev–Trinajstić information content (AvgIpc) is 2.71. The van der Waals surface area contributed by atoms with Gasteiger partial charge in [-0.25, -0.2) is 0 Å². The van der Waals surface area contributed by atoms with E-state index >= 15 is 0 Å². The molecule has 17 heavy (non-hydrogen) atoms. The molecule has 3 rings (SSSR count). The van der Waals surface area contributed by atoms with Gasteiger partial charge in [0.15, 0.2) is 0 Å². The van der Waals surface area contributed by atoms with Crippen LogP contribution in [0.25, 0.3) is 0 Å². The van der Waals surface area contributed by atoms with Gasteiger partial charge in [-0.05, 0) is 58.2 Å². The Morgan fingerprint density at radius 2 is 1.88 bits per heavy atom. The van der Waals surface area contributed by atoms with Crippen molar-refractivity contribution in [2.45, 2.75) is 57.2 Å². The van der Waals surface area contributed by atoms with Crippen molar-refractivity contribution in [1.29, 1.82) is 0 Å². The summed E-state index contributed by atoms with van der Waals surface area (Å²) in [7, 11) is 0. The topological polar surface area (TPSA) is 32.5 Å². The first kappa shape index (κ1) is 11.9. The molecule has 3 nitrogen and oxygen atoms in total. The zero-order valence-corrected chi connectivity index (χ0v) is 11.1. The predicted octanol–water partition coefficient (Wildman–Crippen LogP) is 1.28.